The lowest BCUT2D eigenvalue weighted by Crippen LogP contribution is -2.50. The number of rotatable bonds is 19. The summed E-state index contributed by atoms with van der Waals surface area (Å²) in [5, 5.41) is 3.25. The van der Waals surface area contributed by atoms with Gasteiger partial charge in [0.05, 0.1) is 11.3 Å². The van der Waals surface area contributed by atoms with Crippen LogP contribution in [0.4, 0.5) is 8.78 Å². The van der Waals surface area contributed by atoms with Crippen LogP contribution in [0.15, 0.2) is 66.9 Å². The van der Waals surface area contributed by atoms with Gasteiger partial charge in [-0.3, -0.25) is 9.78 Å². The van der Waals surface area contributed by atoms with Crippen molar-refractivity contribution < 1.29 is 13.6 Å². The van der Waals surface area contributed by atoms with E-state index in [0.717, 1.165) is 31.6 Å². The maximum Gasteiger partial charge on any atom is 0.253 e. The predicted molar refractivity (Wildman–Crippen MR) is 181 cm³/mol. The van der Waals surface area contributed by atoms with Gasteiger partial charge in [0.15, 0.2) is 0 Å². The van der Waals surface area contributed by atoms with Crippen molar-refractivity contribution in [2.45, 2.75) is 115 Å². The van der Waals surface area contributed by atoms with Crippen LogP contribution in [0.25, 0.3) is 11.3 Å². The Morgan fingerprint density at radius 2 is 1.44 bits per heavy atom. The predicted octanol–water partition coefficient (Wildman–Crippen LogP) is 10.1. The molecule has 1 amide bonds. The zero-order chi connectivity index (χ0) is 31.7. The summed E-state index contributed by atoms with van der Waals surface area (Å²) >= 11 is 0. The Hall–Kier alpha value is -3.12. The summed E-state index contributed by atoms with van der Waals surface area (Å²) in [6.45, 7) is 5.10. The van der Waals surface area contributed by atoms with E-state index in [-0.39, 0.29) is 29.5 Å². The van der Waals surface area contributed by atoms with Crippen LogP contribution in [-0.4, -0.2) is 41.5 Å². The fourth-order valence-electron chi connectivity index (χ4n) is 6.57. The minimum absolute atomic E-state index is 0.0570. The normalized spacial score (nSPS) is 17.0. The first kappa shape index (κ1) is 34.7. The number of piperidine rings is 1. The molecule has 0 bridgehead atoms. The van der Waals surface area contributed by atoms with Crippen LogP contribution < -0.4 is 5.32 Å². The number of aromatic nitrogens is 1. The Bertz CT molecular complexity index is 1260. The summed E-state index contributed by atoms with van der Waals surface area (Å²) in [5.41, 5.74) is 2.81. The molecule has 1 fully saturated rings. The Morgan fingerprint density at radius 3 is 2.04 bits per heavy atom. The van der Waals surface area contributed by atoms with Crippen LogP contribution in [0.1, 0.15) is 125 Å². The highest BCUT2D eigenvalue weighted by molar-refractivity contribution is 5.94. The van der Waals surface area contributed by atoms with Crippen LogP contribution in [0.5, 0.6) is 0 Å². The summed E-state index contributed by atoms with van der Waals surface area (Å²) in [4.78, 5) is 20.2. The zero-order valence-electron chi connectivity index (χ0n) is 27.3. The molecule has 1 aliphatic heterocycles. The molecule has 1 aromatic heterocycles. The third-order valence-corrected chi connectivity index (χ3v) is 9.29. The van der Waals surface area contributed by atoms with Crippen molar-refractivity contribution >= 4 is 5.91 Å². The molecule has 2 aromatic carbocycles. The van der Waals surface area contributed by atoms with Crippen molar-refractivity contribution in [2.75, 3.05) is 19.6 Å². The van der Waals surface area contributed by atoms with E-state index < -0.39 is 0 Å². The minimum atomic E-state index is -0.321. The second-order valence-electron chi connectivity index (χ2n) is 12.9. The summed E-state index contributed by atoms with van der Waals surface area (Å²) in [5.74, 6) is -0.669. The Labute approximate surface area is 270 Å². The molecule has 0 spiro atoms. The lowest BCUT2D eigenvalue weighted by Gasteiger charge is -2.39. The third-order valence-electron chi connectivity index (χ3n) is 9.29. The Morgan fingerprint density at radius 1 is 0.800 bits per heavy atom. The van der Waals surface area contributed by atoms with Crippen molar-refractivity contribution in [3.8, 4) is 11.3 Å². The number of nitrogens with one attached hydrogen (secondary N) is 1. The fraction of sp³-hybridized carbons (Fsp3) is 0.538. The van der Waals surface area contributed by atoms with Gasteiger partial charge in [0.1, 0.15) is 11.6 Å². The van der Waals surface area contributed by atoms with Gasteiger partial charge in [-0.1, -0.05) is 115 Å². The van der Waals surface area contributed by atoms with E-state index in [1.54, 1.807) is 30.5 Å². The molecule has 1 N–H and O–H groups in total. The molecular weight excluding hydrogens is 564 g/mol. The standard InChI is InChI=1S/C39H53F2N3O/c1-2-3-4-5-6-7-8-9-10-11-12-13-14-15-26-44-27-25-38(36(30-44)31-19-22-34(40)23-20-31)43-39(45)33-21-24-37(42-29-33)32-17-16-18-35(41)28-32/h16-24,28-29,36,38H,2-15,25-27,30H2,1H3,(H,43,45). The largest absolute Gasteiger partial charge is 0.349 e. The molecule has 4 nitrogen and oxygen atoms in total. The number of benzene rings is 2. The van der Waals surface area contributed by atoms with E-state index in [9.17, 15) is 13.6 Å². The maximum atomic E-state index is 13.8. The molecule has 2 heterocycles. The average molecular weight is 618 g/mol. The molecule has 6 heteroatoms. The number of carbonyl (C=O) groups is 1. The molecule has 45 heavy (non-hydrogen) atoms. The van der Waals surface area contributed by atoms with Crippen molar-refractivity contribution in [3.05, 3.63) is 89.6 Å². The molecule has 3 aromatic rings. The summed E-state index contributed by atoms with van der Waals surface area (Å²) in [7, 11) is 0. The minimum Gasteiger partial charge on any atom is -0.349 e. The number of unbranched alkanes of at least 4 members (excludes halogenated alkanes) is 13. The van der Waals surface area contributed by atoms with Crippen LogP contribution in [0, 0.1) is 11.6 Å². The molecule has 1 aliphatic rings. The fourth-order valence-corrected chi connectivity index (χ4v) is 6.57. The number of likely N-dealkylation sites (tertiary alicyclic amines) is 1. The van der Waals surface area contributed by atoms with Crippen LogP contribution in [-0.2, 0) is 0 Å². The summed E-state index contributed by atoms with van der Waals surface area (Å²) in [6.07, 6.45) is 21.3. The van der Waals surface area contributed by atoms with Crippen LogP contribution >= 0.6 is 0 Å². The third kappa shape index (κ3) is 12.0. The van der Waals surface area contributed by atoms with Gasteiger partial charge >= 0.3 is 0 Å². The van der Waals surface area contributed by atoms with Gasteiger partial charge in [0, 0.05) is 36.8 Å². The quantitative estimate of drug-likeness (QED) is 0.136. The molecule has 0 aliphatic carbocycles. The molecule has 244 valence electrons. The van der Waals surface area contributed by atoms with E-state index in [1.807, 2.05) is 12.1 Å². The highest BCUT2D eigenvalue weighted by Crippen LogP contribution is 2.29. The Balaban J connectivity index is 1.19. The number of carbonyl (C=O) groups excluding carboxylic acids is 1. The lowest BCUT2D eigenvalue weighted by molar-refractivity contribution is 0.0894. The number of amides is 1. The molecule has 2 atom stereocenters. The lowest BCUT2D eigenvalue weighted by atomic mass is 9.85. The van der Waals surface area contributed by atoms with E-state index in [4.69, 9.17) is 0 Å². The zero-order valence-corrected chi connectivity index (χ0v) is 27.3. The first-order valence-electron chi connectivity index (χ1n) is 17.5. The highest BCUT2D eigenvalue weighted by atomic mass is 19.1. The number of halogens is 2. The van der Waals surface area contributed by atoms with Crippen molar-refractivity contribution in [3.63, 3.8) is 0 Å². The number of pyridine rings is 1. The van der Waals surface area contributed by atoms with Gasteiger partial charge in [-0.25, -0.2) is 8.78 Å². The molecule has 0 radical (unpaired) electrons. The second kappa shape index (κ2) is 19.4. The summed E-state index contributed by atoms with van der Waals surface area (Å²) in [6, 6.07) is 16.4. The number of nitrogens with zero attached hydrogens (tertiary/aromatic N) is 2. The maximum absolute atomic E-state index is 13.8. The van der Waals surface area contributed by atoms with Gasteiger partial charge in [0.2, 0.25) is 0 Å². The van der Waals surface area contributed by atoms with Crippen LogP contribution in [0.3, 0.4) is 0 Å². The van der Waals surface area contributed by atoms with Crippen LogP contribution in [0.2, 0.25) is 0 Å². The molecular formula is C39H53F2N3O. The van der Waals surface area contributed by atoms with E-state index in [2.05, 4.69) is 22.1 Å². The average Bonchev–Trinajstić information content (AvgIpc) is 3.06. The number of hydrogen-bond donors (Lipinski definition) is 1. The first-order valence-corrected chi connectivity index (χ1v) is 17.5. The molecule has 1 saturated heterocycles. The van der Waals surface area contributed by atoms with E-state index in [0.29, 0.717) is 16.8 Å². The van der Waals surface area contributed by atoms with Gasteiger partial charge in [0.25, 0.3) is 5.91 Å². The molecule has 2 unspecified atom stereocenters. The van der Waals surface area contributed by atoms with Gasteiger partial charge in [-0.05, 0) is 61.3 Å². The summed E-state index contributed by atoms with van der Waals surface area (Å²) < 4.78 is 27.4. The van der Waals surface area contributed by atoms with Gasteiger partial charge in [-0.2, -0.15) is 0 Å². The topological polar surface area (TPSA) is 45.2 Å². The van der Waals surface area contributed by atoms with Gasteiger partial charge < -0.3 is 10.2 Å². The highest BCUT2D eigenvalue weighted by Gasteiger charge is 2.31. The molecule has 0 saturated carbocycles. The van der Waals surface area contributed by atoms with Crippen molar-refractivity contribution in [2.24, 2.45) is 0 Å². The van der Waals surface area contributed by atoms with Crippen molar-refractivity contribution in [1.29, 1.82) is 0 Å². The van der Waals surface area contributed by atoms with E-state index >= 15 is 0 Å². The monoisotopic (exact) mass is 617 g/mol. The SMILES string of the molecule is CCCCCCCCCCCCCCCCN1CCC(NC(=O)c2ccc(-c3cccc(F)c3)nc2)C(c2ccc(F)cc2)C1. The molecule has 4 rings (SSSR count). The van der Waals surface area contributed by atoms with Crippen molar-refractivity contribution in [1.82, 2.24) is 15.2 Å². The van der Waals surface area contributed by atoms with E-state index in [1.165, 1.54) is 114 Å². The first-order chi connectivity index (χ1) is 22.0. The van der Waals surface area contributed by atoms with Gasteiger partial charge in [-0.15, -0.1) is 0 Å². The Kier molecular flexibility index (Phi) is 15.0. The second-order valence-corrected chi connectivity index (χ2v) is 12.9. The number of hydrogen-bond acceptors (Lipinski definition) is 3. The smallest absolute Gasteiger partial charge is 0.253 e.